The minimum Gasteiger partial charge on any atom is -0.504 e. The molecule has 0 bridgehead atoms. The molecular formula is C23H26O12. The van der Waals surface area contributed by atoms with E-state index in [9.17, 15) is 35.1 Å². The maximum atomic E-state index is 12.3. The van der Waals surface area contributed by atoms with Gasteiger partial charge in [-0.05, 0) is 35.9 Å². The van der Waals surface area contributed by atoms with Crippen molar-refractivity contribution in [1.29, 1.82) is 0 Å². The van der Waals surface area contributed by atoms with Gasteiger partial charge in [0.2, 0.25) is 6.29 Å². The van der Waals surface area contributed by atoms with Crippen LogP contribution in [-0.2, 0) is 25.6 Å². The SMILES string of the molecule is COc1cc(C(=O)OCc2ccc(OC3OC(COC(C)=O)C(O)C(O)C3O)c(O)c2)ccc1O. The number of phenolic OH excluding ortho intramolecular Hbond substituents is 2. The third kappa shape index (κ3) is 6.31. The van der Waals surface area contributed by atoms with Crippen molar-refractivity contribution in [2.24, 2.45) is 0 Å². The summed E-state index contributed by atoms with van der Waals surface area (Å²) >= 11 is 0. The predicted octanol–water partition coefficient (Wildman–Crippen LogP) is 0.213. The van der Waals surface area contributed by atoms with Crippen LogP contribution < -0.4 is 9.47 Å². The monoisotopic (exact) mass is 494 g/mol. The summed E-state index contributed by atoms with van der Waals surface area (Å²) in [6.45, 7) is 0.573. The van der Waals surface area contributed by atoms with Crippen LogP contribution in [0, 0.1) is 0 Å². The van der Waals surface area contributed by atoms with Crippen molar-refractivity contribution < 1.29 is 58.8 Å². The summed E-state index contributed by atoms with van der Waals surface area (Å²) in [5.41, 5.74) is 0.554. The van der Waals surface area contributed by atoms with E-state index >= 15 is 0 Å². The Morgan fingerprint density at radius 2 is 1.66 bits per heavy atom. The second-order valence-corrected chi connectivity index (χ2v) is 7.70. The molecule has 0 aliphatic carbocycles. The molecule has 1 saturated heterocycles. The van der Waals surface area contributed by atoms with Crippen molar-refractivity contribution in [1.82, 2.24) is 0 Å². The van der Waals surface area contributed by atoms with E-state index in [1.807, 2.05) is 0 Å². The van der Waals surface area contributed by atoms with Gasteiger partial charge in [-0.15, -0.1) is 0 Å². The van der Waals surface area contributed by atoms with Gasteiger partial charge in [0, 0.05) is 6.92 Å². The van der Waals surface area contributed by atoms with Gasteiger partial charge >= 0.3 is 11.9 Å². The number of rotatable bonds is 8. The molecule has 1 fully saturated rings. The molecule has 12 nitrogen and oxygen atoms in total. The Balaban J connectivity index is 1.63. The van der Waals surface area contributed by atoms with Crippen LogP contribution in [0.4, 0.5) is 0 Å². The second-order valence-electron chi connectivity index (χ2n) is 7.70. The molecule has 12 heteroatoms. The number of hydrogen-bond acceptors (Lipinski definition) is 12. The van der Waals surface area contributed by atoms with E-state index in [0.29, 0.717) is 5.56 Å². The highest BCUT2D eigenvalue weighted by Gasteiger charge is 2.45. The summed E-state index contributed by atoms with van der Waals surface area (Å²) in [5, 5.41) is 50.2. The first-order valence-electron chi connectivity index (χ1n) is 10.5. The summed E-state index contributed by atoms with van der Waals surface area (Å²) in [5.74, 6) is -1.83. The molecular weight excluding hydrogens is 468 g/mol. The van der Waals surface area contributed by atoms with E-state index in [0.717, 1.165) is 6.92 Å². The number of ether oxygens (including phenoxy) is 5. The van der Waals surface area contributed by atoms with Crippen molar-refractivity contribution in [2.75, 3.05) is 13.7 Å². The largest absolute Gasteiger partial charge is 0.504 e. The van der Waals surface area contributed by atoms with Crippen LogP contribution in [0.5, 0.6) is 23.0 Å². The Morgan fingerprint density at radius 3 is 2.31 bits per heavy atom. The van der Waals surface area contributed by atoms with Crippen molar-refractivity contribution in [3.05, 3.63) is 47.5 Å². The molecule has 0 radical (unpaired) electrons. The summed E-state index contributed by atoms with van der Waals surface area (Å²) in [4.78, 5) is 23.3. The summed E-state index contributed by atoms with van der Waals surface area (Å²) in [6.07, 6.45) is -7.53. The number of phenols is 2. The van der Waals surface area contributed by atoms with Crippen LogP contribution in [-0.4, -0.2) is 81.9 Å². The Kier molecular flexibility index (Phi) is 8.35. The molecule has 5 unspecified atom stereocenters. The average molecular weight is 494 g/mol. The highest BCUT2D eigenvalue weighted by Crippen LogP contribution is 2.32. The van der Waals surface area contributed by atoms with Gasteiger partial charge in [-0.3, -0.25) is 4.79 Å². The highest BCUT2D eigenvalue weighted by atomic mass is 16.7. The summed E-state index contributed by atoms with van der Waals surface area (Å²) in [6, 6.07) is 8.05. The third-order valence-corrected chi connectivity index (χ3v) is 5.17. The molecule has 1 heterocycles. The van der Waals surface area contributed by atoms with Crippen LogP contribution >= 0.6 is 0 Å². The molecule has 2 aromatic carbocycles. The molecule has 3 rings (SSSR count). The minimum absolute atomic E-state index is 0.110. The molecule has 5 N–H and O–H groups in total. The first-order chi connectivity index (χ1) is 16.6. The van der Waals surface area contributed by atoms with Crippen molar-refractivity contribution in [2.45, 2.75) is 44.2 Å². The quantitative estimate of drug-likeness (QED) is 0.315. The minimum atomic E-state index is -1.67. The lowest BCUT2D eigenvalue weighted by atomic mass is 9.99. The number of aliphatic hydroxyl groups is 3. The molecule has 35 heavy (non-hydrogen) atoms. The molecule has 0 aromatic heterocycles. The van der Waals surface area contributed by atoms with Gasteiger partial charge in [0.05, 0.1) is 12.7 Å². The standard InChI is InChI=1S/C23H26O12/c1-11(24)32-10-18-19(27)20(28)21(29)23(35-18)34-16-6-3-12(7-15(16)26)9-33-22(30)13-4-5-14(25)17(8-13)31-2/h3-8,18-21,23,25-29H,9-10H2,1-2H3. The Hall–Kier alpha value is -3.58. The highest BCUT2D eigenvalue weighted by molar-refractivity contribution is 5.90. The van der Waals surface area contributed by atoms with E-state index in [4.69, 9.17) is 23.7 Å². The van der Waals surface area contributed by atoms with Crippen molar-refractivity contribution >= 4 is 11.9 Å². The number of esters is 2. The summed E-state index contributed by atoms with van der Waals surface area (Å²) < 4.78 is 25.8. The predicted molar refractivity (Wildman–Crippen MR) is 116 cm³/mol. The van der Waals surface area contributed by atoms with Crippen LogP contribution in [0.25, 0.3) is 0 Å². The first kappa shape index (κ1) is 26.0. The molecule has 1 aliphatic heterocycles. The van der Waals surface area contributed by atoms with Crippen LogP contribution in [0.1, 0.15) is 22.8 Å². The average Bonchev–Trinajstić information content (AvgIpc) is 2.83. The molecule has 0 amide bonds. The number of methoxy groups -OCH3 is 1. The van der Waals surface area contributed by atoms with E-state index in [-0.39, 0.29) is 41.8 Å². The number of carbonyl (C=O) groups is 2. The molecule has 0 spiro atoms. The molecule has 2 aromatic rings. The van der Waals surface area contributed by atoms with Gasteiger partial charge in [-0.1, -0.05) is 6.07 Å². The van der Waals surface area contributed by atoms with Crippen molar-refractivity contribution in [3.63, 3.8) is 0 Å². The number of aliphatic hydroxyl groups excluding tert-OH is 3. The maximum Gasteiger partial charge on any atom is 0.338 e. The van der Waals surface area contributed by atoms with E-state index in [1.165, 1.54) is 43.5 Å². The topological polar surface area (TPSA) is 181 Å². The Morgan fingerprint density at radius 1 is 0.914 bits per heavy atom. The van der Waals surface area contributed by atoms with Crippen LogP contribution in [0.15, 0.2) is 36.4 Å². The lowest BCUT2D eigenvalue weighted by molar-refractivity contribution is -0.278. The number of aromatic hydroxyl groups is 2. The zero-order chi connectivity index (χ0) is 25.7. The normalized spacial score (nSPS) is 23.9. The lowest BCUT2D eigenvalue weighted by Crippen LogP contribution is -2.60. The maximum absolute atomic E-state index is 12.3. The Labute approximate surface area is 199 Å². The first-order valence-corrected chi connectivity index (χ1v) is 10.5. The fourth-order valence-electron chi connectivity index (χ4n) is 3.27. The van der Waals surface area contributed by atoms with Gasteiger partial charge in [0.15, 0.2) is 23.0 Å². The van der Waals surface area contributed by atoms with Gasteiger partial charge < -0.3 is 49.2 Å². The van der Waals surface area contributed by atoms with E-state index < -0.39 is 42.6 Å². The molecule has 190 valence electrons. The Bertz CT molecular complexity index is 1050. The van der Waals surface area contributed by atoms with E-state index in [2.05, 4.69) is 0 Å². The van der Waals surface area contributed by atoms with Gasteiger partial charge in [-0.2, -0.15) is 0 Å². The van der Waals surface area contributed by atoms with E-state index in [1.54, 1.807) is 0 Å². The van der Waals surface area contributed by atoms with Gasteiger partial charge in [0.25, 0.3) is 0 Å². The number of carbonyl (C=O) groups excluding carboxylic acids is 2. The second kappa shape index (κ2) is 11.2. The zero-order valence-corrected chi connectivity index (χ0v) is 18.9. The van der Waals surface area contributed by atoms with Gasteiger partial charge in [-0.25, -0.2) is 4.79 Å². The fraction of sp³-hybridized carbons (Fsp3) is 0.391. The smallest absolute Gasteiger partial charge is 0.338 e. The van der Waals surface area contributed by atoms with Crippen LogP contribution in [0.2, 0.25) is 0 Å². The molecule has 5 atom stereocenters. The fourth-order valence-corrected chi connectivity index (χ4v) is 3.27. The molecule has 0 saturated carbocycles. The lowest BCUT2D eigenvalue weighted by Gasteiger charge is -2.39. The number of benzene rings is 2. The third-order valence-electron chi connectivity index (χ3n) is 5.17. The van der Waals surface area contributed by atoms with Gasteiger partial charge in [0.1, 0.15) is 37.6 Å². The molecule has 1 aliphatic rings. The number of hydrogen-bond donors (Lipinski definition) is 5. The van der Waals surface area contributed by atoms with Crippen molar-refractivity contribution in [3.8, 4) is 23.0 Å². The van der Waals surface area contributed by atoms with Crippen LogP contribution in [0.3, 0.4) is 0 Å². The summed E-state index contributed by atoms with van der Waals surface area (Å²) in [7, 11) is 1.34. The zero-order valence-electron chi connectivity index (χ0n) is 18.9.